The number of hydrogen-bond donors (Lipinski definition) is 3. The fourth-order valence-corrected chi connectivity index (χ4v) is 3.54. The number of aromatic nitrogens is 2. The van der Waals surface area contributed by atoms with Crippen molar-refractivity contribution in [3.63, 3.8) is 0 Å². The number of aromatic amines is 1. The molecular weight excluding hydrogens is 320 g/mol. The number of carbonyl (C=O) groups is 1. The molecule has 0 saturated heterocycles. The van der Waals surface area contributed by atoms with E-state index in [1.807, 2.05) is 18.2 Å². The summed E-state index contributed by atoms with van der Waals surface area (Å²) in [5.41, 5.74) is 8.84. The maximum Gasteiger partial charge on any atom is 0.262 e. The summed E-state index contributed by atoms with van der Waals surface area (Å²) < 4.78 is 5.47. The van der Waals surface area contributed by atoms with Crippen molar-refractivity contribution in [2.75, 3.05) is 5.73 Å². The lowest BCUT2D eigenvalue weighted by Crippen LogP contribution is -2.31. The second-order valence-corrected chi connectivity index (χ2v) is 6.32. The Morgan fingerprint density at radius 2 is 2.28 bits per heavy atom. The molecule has 7 heteroatoms. The van der Waals surface area contributed by atoms with Gasteiger partial charge in [0.15, 0.2) is 0 Å². The first kappa shape index (κ1) is 15.4. The Morgan fingerprint density at radius 3 is 3.12 bits per heavy atom. The van der Waals surface area contributed by atoms with Crippen LogP contribution in [0.4, 0.5) is 5.69 Å². The molecule has 1 aliphatic carbocycles. The molecule has 25 heavy (non-hydrogen) atoms. The van der Waals surface area contributed by atoms with Crippen LogP contribution in [0.2, 0.25) is 0 Å². The summed E-state index contributed by atoms with van der Waals surface area (Å²) in [4.78, 5) is 31.4. The average Bonchev–Trinajstić information content (AvgIpc) is 2.92. The molecular formula is C18H18N4O3. The number of amides is 1. The van der Waals surface area contributed by atoms with E-state index in [-0.39, 0.29) is 34.2 Å². The number of anilines is 1. The van der Waals surface area contributed by atoms with Crippen LogP contribution in [-0.4, -0.2) is 15.9 Å². The zero-order chi connectivity index (χ0) is 17.6. The first-order chi connectivity index (χ1) is 12.0. The van der Waals surface area contributed by atoms with Crippen molar-refractivity contribution in [1.29, 1.82) is 0 Å². The molecule has 1 unspecified atom stereocenters. The number of furan rings is 1. The van der Waals surface area contributed by atoms with Crippen molar-refractivity contribution in [2.24, 2.45) is 0 Å². The lowest BCUT2D eigenvalue weighted by molar-refractivity contribution is 0.0932. The Bertz CT molecular complexity index is 1030. The van der Waals surface area contributed by atoms with Gasteiger partial charge in [-0.3, -0.25) is 9.59 Å². The summed E-state index contributed by atoms with van der Waals surface area (Å²) in [6.45, 7) is 1.66. The Balaban J connectivity index is 1.71. The zero-order valence-electron chi connectivity index (χ0n) is 13.8. The number of carbonyl (C=O) groups excluding carboxylic acids is 1. The van der Waals surface area contributed by atoms with Crippen LogP contribution in [-0.2, 0) is 6.42 Å². The van der Waals surface area contributed by atoms with E-state index in [0.717, 1.165) is 36.1 Å². The average molecular weight is 338 g/mol. The first-order valence-electron chi connectivity index (χ1n) is 8.20. The molecule has 7 nitrogen and oxygen atoms in total. The maximum absolute atomic E-state index is 12.9. The monoisotopic (exact) mass is 338 g/mol. The zero-order valence-corrected chi connectivity index (χ0v) is 13.8. The van der Waals surface area contributed by atoms with E-state index in [1.54, 1.807) is 6.92 Å². The van der Waals surface area contributed by atoms with E-state index in [1.165, 1.54) is 6.33 Å². The van der Waals surface area contributed by atoms with Crippen LogP contribution < -0.4 is 16.6 Å². The molecule has 4 rings (SSSR count). The quantitative estimate of drug-likeness (QED) is 0.620. The molecule has 2 aromatic heterocycles. The molecule has 0 radical (unpaired) electrons. The highest BCUT2D eigenvalue weighted by Gasteiger charge is 2.26. The van der Waals surface area contributed by atoms with E-state index < -0.39 is 0 Å². The predicted octanol–water partition coefficient (Wildman–Crippen LogP) is 2.21. The smallest absolute Gasteiger partial charge is 0.262 e. The largest absolute Gasteiger partial charge is 0.442 e. The lowest BCUT2D eigenvalue weighted by Gasteiger charge is -2.26. The normalized spacial score (nSPS) is 16.6. The van der Waals surface area contributed by atoms with Crippen molar-refractivity contribution in [3.8, 4) is 0 Å². The number of H-pyrrole nitrogens is 1. The van der Waals surface area contributed by atoms with Gasteiger partial charge in [0.25, 0.3) is 11.5 Å². The number of benzene rings is 1. The van der Waals surface area contributed by atoms with Crippen LogP contribution in [0.1, 0.15) is 46.1 Å². The van der Waals surface area contributed by atoms with Crippen molar-refractivity contribution >= 4 is 22.7 Å². The van der Waals surface area contributed by atoms with Crippen molar-refractivity contribution in [2.45, 2.75) is 32.2 Å². The minimum absolute atomic E-state index is 0.114. The number of nitrogens with one attached hydrogen (secondary N) is 2. The van der Waals surface area contributed by atoms with Gasteiger partial charge in [-0.15, -0.1) is 0 Å². The number of hydrogen-bond acceptors (Lipinski definition) is 5. The number of fused-ring (bicyclic) bond motifs is 2. The van der Waals surface area contributed by atoms with E-state index in [4.69, 9.17) is 10.2 Å². The van der Waals surface area contributed by atoms with Gasteiger partial charge in [0, 0.05) is 5.69 Å². The molecule has 0 spiro atoms. The molecule has 1 aromatic carbocycles. The maximum atomic E-state index is 12.9. The van der Waals surface area contributed by atoms with Crippen LogP contribution in [0.5, 0.6) is 0 Å². The van der Waals surface area contributed by atoms with Gasteiger partial charge >= 0.3 is 0 Å². The number of nitrogens with zero attached hydrogens (tertiary/aromatic N) is 1. The van der Waals surface area contributed by atoms with Crippen LogP contribution in [0.3, 0.4) is 0 Å². The molecule has 0 fully saturated rings. The van der Waals surface area contributed by atoms with E-state index in [9.17, 15) is 9.59 Å². The van der Waals surface area contributed by atoms with Gasteiger partial charge in [-0.2, -0.15) is 0 Å². The third-order valence-electron chi connectivity index (χ3n) is 4.68. The first-order valence-corrected chi connectivity index (χ1v) is 8.20. The highest BCUT2D eigenvalue weighted by Crippen LogP contribution is 2.31. The molecule has 1 atom stereocenters. The Hall–Kier alpha value is -3.09. The molecule has 0 aliphatic heterocycles. The summed E-state index contributed by atoms with van der Waals surface area (Å²) in [5, 5.41) is 3.22. The lowest BCUT2D eigenvalue weighted by atomic mass is 9.87. The molecule has 1 aliphatic rings. The van der Waals surface area contributed by atoms with Crippen LogP contribution in [0.15, 0.2) is 33.7 Å². The number of rotatable bonds is 2. The highest BCUT2D eigenvalue weighted by molar-refractivity contribution is 6.06. The second kappa shape index (κ2) is 5.77. The highest BCUT2D eigenvalue weighted by atomic mass is 16.3. The van der Waals surface area contributed by atoms with Crippen LogP contribution in [0.25, 0.3) is 11.1 Å². The molecule has 0 saturated carbocycles. The van der Waals surface area contributed by atoms with Crippen molar-refractivity contribution < 1.29 is 9.21 Å². The third kappa shape index (κ3) is 2.57. The van der Waals surface area contributed by atoms with Crippen LogP contribution >= 0.6 is 0 Å². The summed E-state index contributed by atoms with van der Waals surface area (Å²) >= 11 is 0. The summed E-state index contributed by atoms with van der Waals surface area (Å²) in [7, 11) is 0. The minimum Gasteiger partial charge on any atom is -0.442 e. The minimum atomic E-state index is -0.385. The predicted molar refractivity (Wildman–Crippen MR) is 93.4 cm³/mol. The SMILES string of the molecule is Cc1oc2nc[nH]c(=O)c2c1C(=O)NC1CCCc2cc(N)ccc21. The topological polar surface area (TPSA) is 114 Å². The Labute approximate surface area is 143 Å². The Morgan fingerprint density at radius 1 is 1.44 bits per heavy atom. The second-order valence-electron chi connectivity index (χ2n) is 6.32. The fourth-order valence-electron chi connectivity index (χ4n) is 3.54. The van der Waals surface area contributed by atoms with Gasteiger partial charge < -0.3 is 20.5 Å². The van der Waals surface area contributed by atoms with E-state index in [2.05, 4.69) is 15.3 Å². The summed E-state index contributed by atoms with van der Waals surface area (Å²) in [6.07, 6.45) is 4.02. The number of nitrogens with two attached hydrogens (primary N) is 1. The van der Waals surface area contributed by atoms with Crippen molar-refractivity contribution in [1.82, 2.24) is 15.3 Å². The molecule has 1 amide bonds. The molecule has 128 valence electrons. The van der Waals surface area contributed by atoms with E-state index in [0.29, 0.717) is 5.76 Å². The summed E-state index contributed by atoms with van der Waals surface area (Å²) in [5.74, 6) is 0.0504. The van der Waals surface area contributed by atoms with Gasteiger partial charge in [-0.1, -0.05) is 6.07 Å². The molecule has 2 heterocycles. The van der Waals surface area contributed by atoms with Gasteiger partial charge in [0.1, 0.15) is 11.1 Å². The molecule has 4 N–H and O–H groups in total. The van der Waals surface area contributed by atoms with Gasteiger partial charge in [0.05, 0.1) is 17.9 Å². The third-order valence-corrected chi connectivity index (χ3v) is 4.68. The van der Waals surface area contributed by atoms with Crippen LogP contribution in [0, 0.1) is 6.92 Å². The van der Waals surface area contributed by atoms with Gasteiger partial charge in [0.2, 0.25) is 5.71 Å². The number of nitrogen functional groups attached to an aromatic ring is 1. The van der Waals surface area contributed by atoms with Crippen molar-refractivity contribution in [3.05, 3.63) is 57.3 Å². The standard InChI is InChI=1S/C18H18N4O3/c1-9-14(15-16(23)20-8-21-18(15)25-9)17(24)22-13-4-2-3-10-7-11(19)5-6-12(10)13/h5-8,13H,2-4,19H2,1H3,(H,22,24)(H,20,21,23). The summed E-state index contributed by atoms with van der Waals surface area (Å²) in [6, 6.07) is 5.65. The van der Waals surface area contributed by atoms with Gasteiger partial charge in [-0.25, -0.2) is 4.98 Å². The Kier molecular flexibility index (Phi) is 3.56. The number of aryl methyl sites for hydroxylation is 2. The van der Waals surface area contributed by atoms with Gasteiger partial charge in [-0.05, 0) is 49.4 Å². The molecule has 3 aromatic rings. The van der Waals surface area contributed by atoms with E-state index >= 15 is 0 Å². The molecule has 0 bridgehead atoms. The fraction of sp³-hybridized carbons (Fsp3) is 0.278.